The molecule has 8 heteroatoms. The molecule has 0 bridgehead atoms. The Morgan fingerprint density at radius 1 is 1.18 bits per heavy atom. The Bertz CT molecular complexity index is 1180. The van der Waals surface area contributed by atoms with E-state index in [1.807, 2.05) is 23.6 Å². The van der Waals surface area contributed by atoms with E-state index in [4.69, 9.17) is 0 Å². The molecule has 2 aromatic rings. The highest BCUT2D eigenvalue weighted by atomic mass is 19.1. The number of piperazine rings is 1. The van der Waals surface area contributed by atoms with Crippen LogP contribution in [-0.4, -0.2) is 65.4 Å². The second kappa shape index (κ2) is 8.53. The van der Waals surface area contributed by atoms with Gasteiger partial charge in [0.25, 0.3) is 5.91 Å². The Hall–Kier alpha value is -3.21. The Balaban J connectivity index is 1.47. The first-order valence-electron chi connectivity index (χ1n) is 12.1. The summed E-state index contributed by atoms with van der Waals surface area (Å²) in [6.45, 7) is 6.67. The first-order chi connectivity index (χ1) is 16.3. The molecule has 0 spiro atoms. The van der Waals surface area contributed by atoms with Gasteiger partial charge in [-0.3, -0.25) is 14.6 Å². The molecule has 34 heavy (non-hydrogen) atoms. The molecule has 3 aliphatic rings. The van der Waals surface area contributed by atoms with Crippen molar-refractivity contribution in [3.8, 4) is 6.07 Å². The fourth-order valence-corrected chi connectivity index (χ4v) is 5.19. The van der Waals surface area contributed by atoms with Gasteiger partial charge in [-0.2, -0.15) is 5.26 Å². The zero-order valence-electron chi connectivity index (χ0n) is 19.8. The van der Waals surface area contributed by atoms with Crippen molar-refractivity contribution in [3.05, 3.63) is 35.8 Å². The summed E-state index contributed by atoms with van der Waals surface area (Å²) in [4.78, 5) is 36.6. The summed E-state index contributed by atoms with van der Waals surface area (Å²) >= 11 is 0. The summed E-state index contributed by atoms with van der Waals surface area (Å²) < 4.78 is 14.3. The molecule has 178 valence electrons. The van der Waals surface area contributed by atoms with Gasteiger partial charge in [-0.05, 0) is 57.7 Å². The number of nitriles is 1. The van der Waals surface area contributed by atoms with Gasteiger partial charge in [0.1, 0.15) is 5.82 Å². The third-order valence-electron chi connectivity index (χ3n) is 7.61. The Morgan fingerprint density at radius 3 is 2.56 bits per heavy atom. The van der Waals surface area contributed by atoms with Crippen LogP contribution in [0, 0.1) is 28.5 Å². The van der Waals surface area contributed by atoms with Crippen molar-refractivity contribution in [2.75, 3.05) is 37.6 Å². The molecule has 1 aromatic carbocycles. The van der Waals surface area contributed by atoms with Crippen molar-refractivity contribution in [3.63, 3.8) is 0 Å². The molecule has 5 rings (SSSR count). The summed E-state index contributed by atoms with van der Waals surface area (Å²) in [6, 6.07) is 6.75. The van der Waals surface area contributed by atoms with Gasteiger partial charge in [0.05, 0.1) is 28.3 Å². The van der Waals surface area contributed by atoms with Crippen LogP contribution in [0.2, 0.25) is 0 Å². The third-order valence-corrected chi connectivity index (χ3v) is 7.61. The lowest BCUT2D eigenvalue weighted by molar-refractivity contribution is -0.135. The van der Waals surface area contributed by atoms with Crippen molar-refractivity contribution in [1.29, 1.82) is 5.26 Å². The molecule has 1 saturated carbocycles. The Labute approximate surface area is 199 Å². The number of pyridine rings is 1. The molecule has 1 atom stereocenters. The fourth-order valence-electron chi connectivity index (χ4n) is 5.19. The summed E-state index contributed by atoms with van der Waals surface area (Å²) in [6.07, 6.45) is 4.89. The highest BCUT2D eigenvalue weighted by Crippen LogP contribution is 2.38. The lowest BCUT2D eigenvalue weighted by atomic mass is 9.81. The highest BCUT2D eigenvalue weighted by Gasteiger charge is 2.38. The number of amides is 2. The molecular formula is C26H30FN5O2. The second-order valence-electron chi connectivity index (χ2n) is 10.2. The predicted octanol–water partition coefficient (Wildman–Crippen LogP) is 3.59. The molecule has 2 aliphatic heterocycles. The van der Waals surface area contributed by atoms with Crippen LogP contribution in [0.1, 0.15) is 49.9 Å². The summed E-state index contributed by atoms with van der Waals surface area (Å²) in [5.41, 5.74) is 1.38. The first-order valence-corrected chi connectivity index (χ1v) is 12.1. The maximum Gasteiger partial charge on any atom is 0.257 e. The molecule has 3 fully saturated rings. The molecule has 7 nitrogen and oxygen atoms in total. The SMILES string of the molecule is CC1CN(C(=O)C2CC2)CCN1C(=O)c1cnc2ccc(F)cc2c1N1CCC(C)(C#N)CC1. The number of anilines is 1. The summed E-state index contributed by atoms with van der Waals surface area (Å²) in [5, 5.41) is 10.2. The summed E-state index contributed by atoms with van der Waals surface area (Å²) in [5.74, 6) is -0.150. The zero-order chi connectivity index (χ0) is 24.0. The molecule has 2 amide bonds. The molecule has 3 heterocycles. The second-order valence-corrected chi connectivity index (χ2v) is 10.2. The third kappa shape index (κ3) is 4.08. The van der Waals surface area contributed by atoms with Gasteiger partial charge < -0.3 is 14.7 Å². The molecule has 1 unspecified atom stereocenters. The largest absolute Gasteiger partial charge is 0.370 e. The smallest absolute Gasteiger partial charge is 0.257 e. The van der Waals surface area contributed by atoms with E-state index in [-0.39, 0.29) is 29.6 Å². The first kappa shape index (κ1) is 22.6. The van der Waals surface area contributed by atoms with E-state index in [1.54, 1.807) is 12.3 Å². The molecular weight excluding hydrogens is 433 g/mol. The van der Waals surface area contributed by atoms with E-state index < -0.39 is 5.41 Å². The number of hydrogen-bond donors (Lipinski definition) is 0. The average molecular weight is 464 g/mol. The van der Waals surface area contributed by atoms with Crippen LogP contribution in [0.5, 0.6) is 0 Å². The van der Waals surface area contributed by atoms with E-state index in [1.165, 1.54) is 12.1 Å². The van der Waals surface area contributed by atoms with Gasteiger partial charge in [-0.1, -0.05) is 0 Å². The number of carbonyl (C=O) groups is 2. The molecule has 1 aromatic heterocycles. The number of halogens is 1. The molecule has 0 N–H and O–H groups in total. The van der Waals surface area contributed by atoms with Gasteiger partial charge in [-0.25, -0.2) is 4.39 Å². The van der Waals surface area contributed by atoms with Crippen LogP contribution in [-0.2, 0) is 4.79 Å². The van der Waals surface area contributed by atoms with E-state index in [2.05, 4.69) is 16.0 Å². The number of hydrogen-bond acceptors (Lipinski definition) is 5. The minimum absolute atomic E-state index is 0.122. The van der Waals surface area contributed by atoms with Crippen LogP contribution in [0.15, 0.2) is 24.4 Å². The lowest BCUT2D eigenvalue weighted by Crippen LogP contribution is -2.56. The number of fused-ring (bicyclic) bond motifs is 1. The van der Waals surface area contributed by atoms with Crippen LogP contribution in [0.25, 0.3) is 10.9 Å². The number of aromatic nitrogens is 1. The molecule has 1 aliphatic carbocycles. The molecule has 2 saturated heterocycles. The number of piperidine rings is 1. The van der Waals surface area contributed by atoms with Crippen LogP contribution in [0.4, 0.5) is 10.1 Å². The average Bonchev–Trinajstić information content (AvgIpc) is 3.68. The predicted molar refractivity (Wildman–Crippen MR) is 127 cm³/mol. The normalized spacial score (nSPS) is 22.5. The van der Waals surface area contributed by atoms with Crippen LogP contribution >= 0.6 is 0 Å². The minimum atomic E-state index is -0.395. The Kier molecular flexibility index (Phi) is 5.67. The Morgan fingerprint density at radius 2 is 1.91 bits per heavy atom. The van der Waals surface area contributed by atoms with Gasteiger partial charge in [0.2, 0.25) is 5.91 Å². The van der Waals surface area contributed by atoms with Crippen molar-refractivity contribution < 1.29 is 14.0 Å². The van der Waals surface area contributed by atoms with Crippen molar-refractivity contribution in [2.45, 2.75) is 45.6 Å². The quantitative estimate of drug-likeness (QED) is 0.695. The van der Waals surface area contributed by atoms with Crippen LogP contribution in [0.3, 0.4) is 0 Å². The number of rotatable bonds is 3. The number of carbonyl (C=O) groups excluding carboxylic acids is 2. The van der Waals surface area contributed by atoms with E-state index in [0.29, 0.717) is 67.7 Å². The zero-order valence-corrected chi connectivity index (χ0v) is 19.8. The van der Waals surface area contributed by atoms with Gasteiger partial charge in [-0.15, -0.1) is 0 Å². The van der Waals surface area contributed by atoms with Crippen molar-refractivity contribution >= 4 is 28.4 Å². The topological polar surface area (TPSA) is 80.5 Å². The monoisotopic (exact) mass is 463 g/mol. The summed E-state index contributed by atoms with van der Waals surface area (Å²) in [7, 11) is 0. The fraction of sp³-hybridized carbons (Fsp3) is 0.538. The number of benzene rings is 1. The van der Waals surface area contributed by atoms with Gasteiger partial charge in [0, 0.05) is 56.3 Å². The highest BCUT2D eigenvalue weighted by molar-refractivity contribution is 6.07. The van der Waals surface area contributed by atoms with Crippen LogP contribution < -0.4 is 4.90 Å². The maximum absolute atomic E-state index is 14.3. The van der Waals surface area contributed by atoms with E-state index in [9.17, 15) is 19.2 Å². The van der Waals surface area contributed by atoms with E-state index in [0.717, 1.165) is 12.8 Å². The van der Waals surface area contributed by atoms with Crippen molar-refractivity contribution in [2.24, 2.45) is 11.3 Å². The van der Waals surface area contributed by atoms with Gasteiger partial charge in [0.15, 0.2) is 0 Å². The maximum atomic E-state index is 14.3. The van der Waals surface area contributed by atoms with Gasteiger partial charge >= 0.3 is 0 Å². The standard InChI is InChI=1S/C26H30FN5O2/c1-17-15-31(24(33)18-3-4-18)11-12-32(17)25(34)21-14-29-22-6-5-19(27)13-20(22)23(21)30-9-7-26(2,16-28)8-10-30/h5-6,13-14,17-18H,3-4,7-12,15H2,1-2H3. The van der Waals surface area contributed by atoms with Crippen molar-refractivity contribution in [1.82, 2.24) is 14.8 Å². The van der Waals surface area contributed by atoms with E-state index >= 15 is 0 Å². The minimum Gasteiger partial charge on any atom is -0.370 e. The number of nitrogens with zero attached hydrogens (tertiary/aromatic N) is 5. The lowest BCUT2D eigenvalue weighted by Gasteiger charge is -2.41. The molecule has 0 radical (unpaired) electrons.